The highest BCUT2D eigenvalue weighted by Gasteiger charge is 2.60. The molecule has 3 fully saturated rings. The van der Waals surface area contributed by atoms with Crippen molar-refractivity contribution in [3.63, 3.8) is 0 Å². The maximum absolute atomic E-state index is 12.7. The maximum atomic E-state index is 12.7. The molecule has 1 saturated carbocycles. The van der Waals surface area contributed by atoms with Crippen molar-refractivity contribution in [2.24, 2.45) is 23.2 Å². The van der Waals surface area contributed by atoms with E-state index in [9.17, 15) is 9.90 Å². The molecule has 6 atom stereocenters. The summed E-state index contributed by atoms with van der Waals surface area (Å²) in [6, 6.07) is 0. The zero-order valence-electron chi connectivity index (χ0n) is 15.8. The monoisotopic (exact) mass is 348 g/mol. The van der Waals surface area contributed by atoms with Crippen molar-refractivity contribution in [1.29, 1.82) is 0 Å². The van der Waals surface area contributed by atoms with Gasteiger partial charge in [-0.2, -0.15) is 0 Å². The van der Waals surface area contributed by atoms with Gasteiger partial charge in [-0.05, 0) is 44.4 Å². The van der Waals surface area contributed by atoms with Gasteiger partial charge in [-0.25, -0.2) is 0 Å². The Kier molecular flexibility index (Phi) is 4.70. The summed E-state index contributed by atoms with van der Waals surface area (Å²) in [6.45, 7) is 7.66. The zero-order chi connectivity index (χ0) is 17.6. The molecule has 0 amide bonds. The van der Waals surface area contributed by atoms with Gasteiger partial charge in [0.05, 0.1) is 25.7 Å². The molecule has 0 bridgehead atoms. The van der Waals surface area contributed by atoms with Gasteiger partial charge in [-0.15, -0.1) is 0 Å². The first-order valence-electron chi connectivity index (χ1n) is 10.4. The van der Waals surface area contributed by atoms with E-state index in [0.717, 1.165) is 38.9 Å². The second kappa shape index (κ2) is 6.70. The van der Waals surface area contributed by atoms with Crippen LogP contribution in [0.15, 0.2) is 11.6 Å². The normalized spacial score (nSPS) is 45.2. The van der Waals surface area contributed by atoms with Crippen molar-refractivity contribution in [1.82, 2.24) is 0 Å². The smallest absolute Gasteiger partial charge is 0.315 e. The highest BCUT2D eigenvalue weighted by atomic mass is 16.6. The molecule has 2 saturated heterocycles. The third-order valence-corrected chi connectivity index (χ3v) is 7.89. The first-order valence-corrected chi connectivity index (χ1v) is 10.4. The minimum Gasteiger partial charge on any atom is -0.461 e. The number of rotatable bonds is 2. The lowest BCUT2D eigenvalue weighted by Crippen LogP contribution is -3.12. The lowest BCUT2D eigenvalue weighted by molar-refractivity contribution is -0.902. The number of aliphatic hydroxyl groups is 1. The summed E-state index contributed by atoms with van der Waals surface area (Å²) in [5.41, 5.74) is 1.15. The second-order valence-electron chi connectivity index (χ2n) is 9.17. The van der Waals surface area contributed by atoms with Gasteiger partial charge in [0.1, 0.15) is 12.0 Å². The van der Waals surface area contributed by atoms with E-state index < -0.39 is 6.10 Å². The Bertz CT molecular complexity index is 551. The number of fused-ring (bicyclic) bond motifs is 2. The van der Waals surface area contributed by atoms with Crippen molar-refractivity contribution >= 4 is 5.97 Å². The van der Waals surface area contributed by atoms with Crippen LogP contribution in [0.2, 0.25) is 0 Å². The highest BCUT2D eigenvalue weighted by molar-refractivity contribution is 5.76. The number of esters is 1. The van der Waals surface area contributed by atoms with Crippen LogP contribution in [0.4, 0.5) is 0 Å². The minimum atomic E-state index is -0.462. The number of ether oxygens (including phenoxy) is 1. The predicted molar refractivity (Wildman–Crippen MR) is 96.1 cm³/mol. The Morgan fingerprint density at radius 3 is 2.72 bits per heavy atom. The van der Waals surface area contributed by atoms with E-state index in [1.54, 1.807) is 0 Å². The van der Waals surface area contributed by atoms with Gasteiger partial charge in [0, 0.05) is 17.8 Å². The van der Waals surface area contributed by atoms with E-state index in [0.29, 0.717) is 5.92 Å². The number of carbonyl (C=O) groups excluding carboxylic acids is 1. The van der Waals surface area contributed by atoms with Crippen LogP contribution in [0.1, 0.15) is 58.8 Å². The summed E-state index contributed by atoms with van der Waals surface area (Å²) in [5, 5.41) is 11.4. The van der Waals surface area contributed by atoms with Crippen LogP contribution in [-0.4, -0.2) is 42.9 Å². The third-order valence-electron chi connectivity index (χ3n) is 7.89. The van der Waals surface area contributed by atoms with Crippen molar-refractivity contribution in [3.8, 4) is 0 Å². The number of nitrogens with one attached hydrogen (secondary N) is 1. The summed E-state index contributed by atoms with van der Waals surface area (Å²) in [5.74, 6) is 0.262. The predicted octanol–water partition coefficient (Wildman–Crippen LogP) is 1.73. The molecule has 0 aromatic rings. The van der Waals surface area contributed by atoms with Gasteiger partial charge >= 0.3 is 5.97 Å². The van der Waals surface area contributed by atoms with E-state index in [1.165, 1.54) is 36.2 Å². The van der Waals surface area contributed by atoms with Crippen molar-refractivity contribution in [3.05, 3.63) is 11.6 Å². The van der Waals surface area contributed by atoms with Crippen LogP contribution in [0.25, 0.3) is 0 Å². The van der Waals surface area contributed by atoms with Crippen molar-refractivity contribution < 1.29 is 19.5 Å². The largest absolute Gasteiger partial charge is 0.461 e. The van der Waals surface area contributed by atoms with E-state index in [2.05, 4.69) is 19.9 Å². The first-order chi connectivity index (χ1) is 12.0. The molecule has 0 spiro atoms. The number of likely N-dealkylation sites (tertiary alicyclic amines) is 1. The van der Waals surface area contributed by atoms with Crippen LogP contribution in [-0.2, 0) is 9.53 Å². The summed E-state index contributed by atoms with van der Waals surface area (Å²) in [4.78, 5) is 14.2. The van der Waals surface area contributed by atoms with E-state index in [1.807, 2.05) is 0 Å². The summed E-state index contributed by atoms with van der Waals surface area (Å²) >= 11 is 0. The quantitative estimate of drug-likeness (QED) is 0.590. The number of hydrogen-bond donors (Lipinski definition) is 2. The minimum absolute atomic E-state index is 0.0223. The molecule has 140 valence electrons. The van der Waals surface area contributed by atoms with Crippen LogP contribution in [0.5, 0.6) is 0 Å². The number of quaternary nitrogens is 1. The highest BCUT2D eigenvalue weighted by Crippen LogP contribution is 2.55. The zero-order valence-corrected chi connectivity index (χ0v) is 15.8. The summed E-state index contributed by atoms with van der Waals surface area (Å²) < 4.78 is 5.80. The van der Waals surface area contributed by atoms with E-state index in [4.69, 9.17) is 4.74 Å². The molecule has 4 heteroatoms. The van der Waals surface area contributed by atoms with Gasteiger partial charge in [-0.1, -0.05) is 25.5 Å². The molecule has 4 nitrogen and oxygen atoms in total. The van der Waals surface area contributed by atoms with Gasteiger partial charge in [-0.3, -0.25) is 4.79 Å². The van der Waals surface area contributed by atoms with Gasteiger partial charge < -0.3 is 14.7 Å². The van der Waals surface area contributed by atoms with Gasteiger partial charge in [0.2, 0.25) is 0 Å². The molecule has 25 heavy (non-hydrogen) atoms. The van der Waals surface area contributed by atoms with Gasteiger partial charge in [0.25, 0.3) is 0 Å². The fourth-order valence-electron chi connectivity index (χ4n) is 6.04. The number of allylic oxidation sites excluding steroid dienone is 1. The molecule has 0 aromatic heterocycles. The number of hydrogen-bond acceptors (Lipinski definition) is 3. The van der Waals surface area contributed by atoms with Gasteiger partial charge in [0.15, 0.2) is 0 Å². The molecule has 4 rings (SSSR count). The third kappa shape index (κ3) is 2.86. The average molecular weight is 349 g/mol. The Morgan fingerprint density at radius 2 is 2.00 bits per heavy atom. The van der Waals surface area contributed by atoms with Crippen molar-refractivity contribution in [2.45, 2.75) is 71.0 Å². The first kappa shape index (κ1) is 17.5. The number of carbonyl (C=O) groups is 1. The lowest BCUT2D eigenvalue weighted by Gasteiger charge is -2.51. The Balaban J connectivity index is 1.57. The molecular formula is C21H34NO3+. The molecule has 2 N–H and O–H groups in total. The molecule has 2 aliphatic heterocycles. The fraction of sp³-hybridized carbons (Fsp3) is 0.857. The number of aliphatic hydroxyl groups excluding tert-OH is 1. The Morgan fingerprint density at radius 1 is 1.28 bits per heavy atom. The average Bonchev–Trinajstić information content (AvgIpc) is 2.76. The molecule has 0 unspecified atom stereocenters. The topological polar surface area (TPSA) is 51.0 Å². The molecule has 2 heterocycles. The lowest BCUT2D eigenvalue weighted by atomic mass is 9.55. The molecule has 4 aliphatic rings. The van der Waals surface area contributed by atoms with Crippen LogP contribution in [0.3, 0.4) is 0 Å². The summed E-state index contributed by atoms with van der Waals surface area (Å²) in [7, 11) is 0. The Labute approximate surface area is 151 Å². The van der Waals surface area contributed by atoms with Crippen LogP contribution in [0, 0.1) is 23.2 Å². The van der Waals surface area contributed by atoms with E-state index >= 15 is 0 Å². The maximum Gasteiger partial charge on any atom is 0.315 e. The molecular weight excluding hydrogens is 314 g/mol. The van der Waals surface area contributed by atoms with Crippen LogP contribution < -0.4 is 4.90 Å². The second-order valence-corrected chi connectivity index (χ2v) is 9.17. The fourth-order valence-corrected chi connectivity index (χ4v) is 6.04. The van der Waals surface area contributed by atoms with E-state index in [-0.39, 0.29) is 29.3 Å². The molecule has 0 aromatic carbocycles. The molecule has 2 aliphatic carbocycles. The molecule has 0 radical (unpaired) electrons. The SMILES string of the molecule is C[C@H]1CCC=C2C[C@H]3OC(=O)[C@@H](C[NH+]4CCCCCC4)[C@H]3[C@@H](O)[C@@]21C. The Hall–Kier alpha value is -0.870. The standard InChI is InChI=1S/C21H33NO3/c1-14-8-7-9-15-12-17-18(19(23)21(14,15)2)16(20(24)25-17)13-22-10-5-3-4-6-11-22/h9,14,16-19,23H,3-8,10-13H2,1-2H3/p+1/t14-,16-,17+,18+,19+,21+/m0/s1. The van der Waals surface area contributed by atoms with Crippen LogP contribution >= 0.6 is 0 Å². The van der Waals surface area contributed by atoms with Crippen molar-refractivity contribution in [2.75, 3.05) is 19.6 Å². The summed E-state index contributed by atoms with van der Waals surface area (Å²) in [6.07, 6.45) is 9.94.